The van der Waals surface area contributed by atoms with Crippen molar-refractivity contribution >= 4 is 21.8 Å². The first-order valence-electron chi connectivity index (χ1n) is 11.6. The van der Waals surface area contributed by atoms with Gasteiger partial charge in [0.15, 0.2) is 0 Å². The van der Waals surface area contributed by atoms with Crippen molar-refractivity contribution < 1.29 is 13.5 Å². The number of aryl methyl sites for hydroxylation is 1. The van der Waals surface area contributed by atoms with Crippen LogP contribution in [-0.4, -0.2) is 50.7 Å². The highest BCUT2D eigenvalue weighted by atomic mass is 32.2. The normalized spacial score (nSPS) is 18.9. The molecule has 0 aliphatic carbocycles. The minimum atomic E-state index is -3.61. The number of hydrogen-bond acceptors (Lipinski definition) is 5. The fraction of sp³-hybridized carbons (Fsp3) is 0.520. The summed E-state index contributed by atoms with van der Waals surface area (Å²) in [6.45, 7) is 8.77. The number of fused-ring (bicyclic) bond motifs is 2. The van der Waals surface area contributed by atoms with Gasteiger partial charge in [0.1, 0.15) is 0 Å². The molecule has 0 spiro atoms. The molecule has 2 heterocycles. The maximum Gasteiger partial charge on any atom is 0.241 e. The molecule has 0 atom stereocenters. The average Bonchev–Trinajstić information content (AvgIpc) is 2.79. The number of β-amino-alcohol motifs (C(OH)–C–C–N with tert-alkyl or cyclic N) is 1. The van der Waals surface area contributed by atoms with Crippen LogP contribution in [0.25, 0.3) is 0 Å². The summed E-state index contributed by atoms with van der Waals surface area (Å²) < 4.78 is 29.7. The number of aliphatic hydroxyl groups excluding tert-OH is 1. The molecule has 0 unspecified atom stereocenters. The van der Waals surface area contributed by atoms with Gasteiger partial charge in [-0.25, -0.2) is 13.1 Å². The maximum atomic E-state index is 13.4. The minimum Gasteiger partial charge on any atom is -0.395 e. The number of likely N-dealkylation sites (tertiary alicyclic amines) is 1. The van der Waals surface area contributed by atoms with Crippen molar-refractivity contribution in [3.8, 4) is 0 Å². The summed E-state index contributed by atoms with van der Waals surface area (Å²) in [7, 11) is -3.61. The SMILES string of the molecule is CCC1(CC)c2ccccc2Sc2cc(S(=O)(=O)NC3CCN(CCO)CC3)c(C)cc21. The highest BCUT2D eigenvalue weighted by molar-refractivity contribution is 7.99. The third-order valence-electron chi connectivity index (χ3n) is 7.24. The predicted molar refractivity (Wildman–Crippen MR) is 130 cm³/mol. The van der Waals surface area contributed by atoms with Crippen LogP contribution in [0.15, 0.2) is 51.1 Å². The van der Waals surface area contributed by atoms with E-state index in [2.05, 4.69) is 53.8 Å². The molecule has 0 saturated carbocycles. The largest absolute Gasteiger partial charge is 0.395 e. The number of rotatable bonds is 7. The average molecular weight is 475 g/mol. The summed E-state index contributed by atoms with van der Waals surface area (Å²) in [5.74, 6) is 0. The Labute approximate surface area is 196 Å². The van der Waals surface area contributed by atoms with Crippen LogP contribution in [0, 0.1) is 6.92 Å². The van der Waals surface area contributed by atoms with Crippen LogP contribution in [0.3, 0.4) is 0 Å². The molecule has 2 aromatic rings. The number of sulfonamides is 1. The number of nitrogens with zero attached hydrogens (tertiary/aromatic N) is 1. The van der Waals surface area contributed by atoms with E-state index in [1.165, 1.54) is 16.0 Å². The summed E-state index contributed by atoms with van der Waals surface area (Å²) in [5.41, 5.74) is 3.32. The number of piperidine rings is 1. The van der Waals surface area contributed by atoms with Gasteiger partial charge in [0.25, 0.3) is 0 Å². The van der Waals surface area contributed by atoms with E-state index in [1.54, 1.807) is 11.8 Å². The third kappa shape index (κ3) is 4.26. The zero-order chi connectivity index (χ0) is 22.9. The topological polar surface area (TPSA) is 69.6 Å². The summed E-state index contributed by atoms with van der Waals surface area (Å²) in [5, 5.41) is 9.13. The van der Waals surface area contributed by atoms with Crippen molar-refractivity contribution in [3.05, 3.63) is 53.1 Å². The molecule has 0 aromatic heterocycles. The van der Waals surface area contributed by atoms with Crippen LogP contribution in [0.2, 0.25) is 0 Å². The monoisotopic (exact) mass is 474 g/mol. The predicted octanol–water partition coefficient (Wildman–Crippen LogP) is 4.30. The molecule has 4 rings (SSSR count). The van der Waals surface area contributed by atoms with Crippen molar-refractivity contribution in [2.75, 3.05) is 26.2 Å². The molecule has 0 radical (unpaired) electrons. The first-order chi connectivity index (χ1) is 15.3. The molecule has 174 valence electrons. The van der Waals surface area contributed by atoms with E-state index in [0.29, 0.717) is 11.4 Å². The lowest BCUT2D eigenvalue weighted by Gasteiger charge is -2.40. The first kappa shape index (κ1) is 23.8. The summed E-state index contributed by atoms with van der Waals surface area (Å²) in [6.07, 6.45) is 3.48. The second-order valence-electron chi connectivity index (χ2n) is 8.96. The second-order valence-corrected chi connectivity index (χ2v) is 11.7. The van der Waals surface area contributed by atoms with Crippen LogP contribution in [0.4, 0.5) is 0 Å². The molecule has 32 heavy (non-hydrogen) atoms. The van der Waals surface area contributed by atoms with Crippen LogP contribution < -0.4 is 4.72 Å². The Balaban J connectivity index is 1.66. The van der Waals surface area contributed by atoms with Gasteiger partial charge >= 0.3 is 0 Å². The highest BCUT2D eigenvalue weighted by Gasteiger charge is 2.39. The second kappa shape index (κ2) is 9.47. The molecular formula is C25H34N2O3S2. The van der Waals surface area contributed by atoms with Crippen molar-refractivity contribution in [1.29, 1.82) is 0 Å². The molecule has 2 aliphatic heterocycles. The van der Waals surface area contributed by atoms with E-state index in [9.17, 15) is 8.42 Å². The van der Waals surface area contributed by atoms with Gasteiger partial charge < -0.3 is 10.0 Å². The van der Waals surface area contributed by atoms with E-state index >= 15 is 0 Å². The van der Waals surface area contributed by atoms with Crippen molar-refractivity contribution in [1.82, 2.24) is 9.62 Å². The zero-order valence-electron chi connectivity index (χ0n) is 19.2. The maximum absolute atomic E-state index is 13.4. The van der Waals surface area contributed by atoms with Crippen LogP contribution in [0.1, 0.15) is 56.2 Å². The molecular weight excluding hydrogens is 440 g/mol. The molecule has 0 amide bonds. The molecule has 5 nitrogen and oxygen atoms in total. The molecule has 2 aliphatic rings. The molecule has 2 aromatic carbocycles. The standard InChI is InChI=1S/C25H34N2O3S2/c1-4-25(5-2)20-8-6-7-9-22(20)31-23-17-24(18(3)16-21(23)25)32(29,30)26-19-10-12-27(13-11-19)14-15-28/h6-9,16-17,19,26,28H,4-5,10-15H2,1-3H3. The Kier molecular flexibility index (Phi) is 7.03. The highest BCUT2D eigenvalue weighted by Crippen LogP contribution is 2.53. The molecule has 1 saturated heterocycles. The molecule has 1 fully saturated rings. The summed E-state index contributed by atoms with van der Waals surface area (Å²) in [6, 6.07) is 12.5. The fourth-order valence-corrected chi connectivity index (χ4v) is 8.27. The summed E-state index contributed by atoms with van der Waals surface area (Å²) >= 11 is 1.68. The van der Waals surface area contributed by atoms with E-state index in [4.69, 9.17) is 5.11 Å². The van der Waals surface area contributed by atoms with Crippen LogP contribution in [-0.2, 0) is 15.4 Å². The van der Waals surface area contributed by atoms with Gasteiger partial charge in [-0.3, -0.25) is 0 Å². The lowest BCUT2D eigenvalue weighted by atomic mass is 9.70. The van der Waals surface area contributed by atoms with Gasteiger partial charge in [0, 0.05) is 27.8 Å². The van der Waals surface area contributed by atoms with E-state index in [-0.39, 0.29) is 18.1 Å². The Morgan fingerprint density at radius 3 is 2.44 bits per heavy atom. The van der Waals surface area contributed by atoms with Gasteiger partial charge in [-0.15, -0.1) is 0 Å². The van der Waals surface area contributed by atoms with Crippen molar-refractivity contribution in [2.24, 2.45) is 0 Å². The van der Waals surface area contributed by atoms with Crippen LogP contribution >= 0.6 is 11.8 Å². The van der Waals surface area contributed by atoms with E-state index in [1.807, 2.05) is 13.0 Å². The van der Waals surface area contributed by atoms with Gasteiger partial charge in [0.2, 0.25) is 10.0 Å². The molecule has 7 heteroatoms. The lowest BCUT2D eigenvalue weighted by Crippen LogP contribution is -2.45. The summed E-state index contributed by atoms with van der Waals surface area (Å²) in [4.78, 5) is 4.84. The number of hydrogen-bond donors (Lipinski definition) is 2. The molecule has 2 N–H and O–H groups in total. The first-order valence-corrected chi connectivity index (χ1v) is 13.9. The zero-order valence-corrected chi connectivity index (χ0v) is 20.9. The number of aliphatic hydroxyl groups is 1. The number of benzene rings is 2. The van der Waals surface area contributed by atoms with Gasteiger partial charge in [-0.2, -0.15) is 0 Å². The smallest absolute Gasteiger partial charge is 0.241 e. The van der Waals surface area contributed by atoms with Crippen molar-refractivity contribution in [3.63, 3.8) is 0 Å². The van der Waals surface area contributed by atoms with Crippen molar-refractivity contribution in [2.45, 2.75) is 72.6 Å². The van der Waals surface area contributed by atoms with E-state index in [0.717, 1.165) is 49.2 Å². The van der Waals surface area contributed by atoms with E-state index < -0.39 is 10.0 Å². The lowest BCUT2D eigenvalue weighted by molar-refractivity contribution is 0.162. The van der Waals surface area contributed by atoms with Crippen LogP contribution in [0.5, 0.6) is 0 Å². The van der Waals surface area contributed by atoms with Gasteiger partial charge in [0.05, 0.1) is 11.5 Å². The number of nitrogens with one attached hydrogen (secondary N) is 1. The molecule has 0 bridgehead atoms. The third-order valence-corrected chi connectivity index (χ3v) is 10.0. The Morgan fingerprint density at radius 2 is 1.78 bits per heavy atom. The van der Waals surface area contributed by atoms with Gasteiger partial charge in [-0.1, -0.05) is 49.9 Å². The fourth-order valence-electron chi connectivity index (χ4n) is 5.34. The Bertz CT molecular complexity index is 1070. The van der Waals surface area contributed by atoms with Gasteiger partial charge in [-0.05, 0) is 74.5 Å². The minimum absolute atomic E-state index is 0.0656. The quantitative estimate of drug-likeness (QED) is 0.626. The Hall–Kier alpha value is -1.38. The Morgan fingerprint density at radius 1 is 1.09 bits per heavy atom.